The van der Waals surface area contributed by atoms with Crippen LogP contribution in [0.4, 0.5) is 15.8 Å². The smallest absolute Gasteiger partial charge is 0.336 e. The minimum Gasteiger partial charge on any atom is -0.481 e. The first-order valence-corrected chi connectivity index (χ1v) is 22.0. The van der Waals surface area contributed by atoms with Crippen LogP contribution in [0.25, 0.3) is 0 Å². The highest BCUT2D eigenvalue weighted by Gasteiger charge is 2.44. The molecule has 18 heteroatoms. The topological polar surface area (TPSA) is 217 Å². The molecule has 0 spiro atoms. The zero-order valence-electron chi connectivity index (χ0n) is 38.5. The van der Waals surface area contributed by atoms with Crippen LogP contribution in [-0.2, 0) is 27.3 Å². The number of carboxylic acid groups (broad SMARTS) is 2. The quantitative estimate of drug-likeness (QED) is 0.147. The van der Waals surface area contributed by atoms with Gasteiger partial charge in [0.05, 0.1) is 23.4 Å². The monoisotopic (exact) mass is 920 g/mol. The van der Waals surface area contributed by atoms with Gasteiger partial charge in [-0.05, 0) is 69.2 Å². The number of carbonyl (C=O) groups excluding carboxylic acids is 3. The third-order valence-corrected chi connectivity index (χ3v) is 12.9. The van der Waals surface area contributed by atoms with Crippen molar-refractivity contribution in [3.05, 3.63) is 98.4 Å². The number of nitrogens with one attached hydrogen (secondary N) is 2. The molecule has 4 N–H and O–H groups in total. The maximum atomic E-state index is 14.5. The second-order valence-corrected chi connectivity index (χ2v) is 19.0. The summed E-state index contributed by atoms with van der Waals surface area (Å²) in [4.78, 5) is 74.3. The molecule has 66 heavy (non-hydrogen) atoms. The number of amides is 3. The van der Waals surface area contributed by atoms with E-state index < -0.39 is 28.8 Å². The Balaban J connectivity index is 0.000000166. The zero-order chi connectivity index (χ0) is 48.6. The number of benzene rings is 3. The lowest BCUT2D eigenvalue weighted by atomic mass is 9.89. The van der Waals surface area contributed by atoms with Crippen LogP contribution in [0.15, 0.2) is 63.5 Å². The first kappa shape index (κ1) is 48.5. The van der Waals surface area contributed by atoms with Crippen LogP contribution >= 0.6 is 11.5 Å². The summed E-state index contributed by atoms with van der Waals surface area (Å²) in [6, 6.07) is 12.8. The lowest BCUT2D eigenvalue weighted by Crippen LogP contribution is -2.41. The molecule has 16 nitrogen and oxygen atoms in total. The van der Waals surface area contributed by atoms with E-state index in [1.54, 1.807) is 38.1 Å². The van der Waals surface area contributed by atoms with Crippen LogP contribution in [0.1, 0.15) is 104 Å². The second-order valence-electron chi connectivity index (χ2n) is 18.3. The molecule has 5 heterocycles. The summed E-state index contributed by atoms with van der Waals surface area (Å²) < 4.78 is 26.3. The van der Waals surface area contributed by atoms with Crippen LogP contribution in [0.5, 0.6) is 5.75 Å². The van der Waals surface area contributed by atoms with Gasteiger partial charge in [0.25, 0.3) is 17.7 Å². The molecular formula is C48H53FN8O8S. The predicted molar refractivity (Wildman–Crippen MR) is 248 cm³/mol. The summed E-state index contributed by atoms with van der Waals surface area (Å²) in [6.07, 6.45) is 6.22. The maximum absolute atomic E-state index is 14.5. The lowest BCUT2D eigenvalue weighted by Gasteiger charge is -2.28. The Hall–Kier alpha value is -7.00. The van der Waals surface area contributed by atoms with Crippen molar-refractivity contribution in [3.8, 4) is 18.1 Å². The van der Waals surface area contributed by atoms with Gasteiger partial charge in [0.2, 0.25) is 4.80 Å². The van der Waals surface area contributed by atoms with Gasteiger partial charge < -0.3 is 30.2 Å². The predicted octanol–water partition coefficient (Wildman–Crippen LogP) is 6.23. The molecule has 4 aromatic rings. The molecule has 0 radical (unpaired) electrons. The molecule has 346 valence electrons. The van der Waals surface area contributed by atoms with Crippen LogP contribution in [0.3, 0.4) is 0 Å². The molecule has 1 aromatic heterocycles. The molecule has 0 bridgehead atoms. The Morgan fingerprint density at radius 3 is 2.02 bits per heavy atom. The number of amidine groups is 2. The van der Waals surface area contributed by atoms with Crippen molar-refractivity contribution in [3.63, 3.8) is 0 Å². The van der Waals surface area contributed by atoms with E-state index in [2.05, 4.69) is 49.8 Å². The van der Waals surface area contributed by atoms with Crippen LogP contribution < -0.4 is 25.1 Å². The van der Waals surface area contributed by atoms with Gasteiger partial charge in [0.1, 0.15) is 40.0 Å². The minimum atomic E-state index is -1.03. The van der Waals surface area contributed by atoms with Gasteiger partial charge in [-0.2, -0.15) is 4.37 Å². The number of aliphatic imine (C=N–C) groups is 2. The number of halogens is 1. The molecule has 8 rings (SSSR count). The van der Waals surface area contributed by atoms with E-state index in [1.807, 2.05) is 52.2 Å². The molecule has 3 aromatic carbocycles. The summed E-state index contributed by atoms with van der Waals surface area (Å²) in [5.74, 6) is 1.20. The number of rotatable bonds is 8. The van der Waals surface area contributed by atoms with Gasteiger partial charge in [-0.15, -0.1) is 6.42 Å². The summed E-state index contributed by atoms with van der Waals surface area (Å²) in [6.45, 7) is 19.9. The van der Waals surface area contributed by atoms with E-state index in [0.717, 1.165) is 29.9 Å². The molecule has 0 fully saturated rings. The molecule has 0 saturated carbocycles. The normalized spacial score (nSPS) is 20.5. The fourth-order valence-electron chi connectivity index (χ4n) is 7.46. The van der Waals surface area contributed by atoms with E-state index in [4.69, 9.17) is 11.2 Å². The summed E-state index contributed by atoms with van der Waals surface area (Å²) in [7, 11) is 0. The number of carbonyl (C=O) groups is 5. The van der Waals surface area contributed by atoms with E-state index in [9.17, 15) is 38.6 Å². The van der Waals surface area contributed by atoms with E-state index >= 15 is 0 Å². The van der Waals surface area contributed by atoms with Crippen LogP contribution in [-0.4, -0.2) is 84.7 Å². The molecule has 4 aliphatic heterocycles. The number of nitrogens with zero attached hydrogens (tertiary/aromatic N) is 6. The van der Waals surface area contributed by atoms with Crippen LogP contribution in [0, 0.1) is 49.3 Å². The number of aromatic carboxylic acids is 2. The van der Waals surface area contributed by atoms with Crippen molar-refractivity contribution in [2.24, 2.45) is 32.2 Å². The van der Waals surface area contributed by atoms with Gasteiger partial charge in [-0.3, -0.25) is 29.3 Å². The SMILES string of the molecule is C#CCN1C(=O)COc2cc(F)c(N=c3snc4n3CC(C)(C)C4)cc21.Cc1ccc(C(=O)O)c(C2=NC(C)(C(C)C)C(=O)N2)c1.Cc1ccc(C2=NC(C)(C(C)C)C(=O)N2)c(C(=O)O)c1. The number of aromatic nitrogens is 2. The van der Waals surface area contributed by atoms with Gasteiger partial charge in [-0.1, -0.05) is 76.8 Å². The number of ether oxygens (including phenoxy) is 1. The number of fused-ring (bicyclic) bond motifs is 2. The first-order valence-electron chi connectivity index (χ1n) is 21.2. The molecule has 3 amide bonds. The highest BCUT2D eigenvalue weighted by Crippen LogP contribution is 2.38. The van der Waals surface area contributed by atoms with Crippen molar-refractivity contribution in [2.45, 2.75) is 93.3 Å². The van der Waals surface area contributed by atoms with Crippen molar-refractivity contribution < 1.29 is 43.3 Å². The van der Waals surface area contributed by atoms with Gasteiger partial charge in [0.15, 0.2) is 12.4 Å². The van der Waals surface area contributed by atoms with Gasteiger partial charge in [0, 0.05) is 41.7 Å². The van der Waals surface area contributed by atoms with Gasteiger partial charge >= 0.3 is 11.9 Å². The largest absolute Gasteiger partial charge is 0.481 e. The molecule has 0 saturated heterocycles. The van der Waals surface area contributed by atoms with Crippen LogP contribution in [0.2, 0.25) is 0 Å². The van der Waals surface area contributed by atoms with Crippen molar-refractivity contribution in [2.75, 3.05) is 18.1 Å². The Morgan fingerprint density at radius 1 is 0.879 bits per heavy atom. The number of hydrogen-bond donors (Lipinski definition) is 4. The van der Waals surface area contributed by atoms with E-state index in [1.165, 1.54) is 34.6 Å². The average molecular weight is 921 g/mol. The Bertz CT molecular complexity index is 2850. The van der Waals surface area contributed by atoms with Crippen molar-refractivity contribution in [1.82, 2.24) is 19.6 Å². The first-order chi connectivity index (χ1) is 30.9. The summed E-state index contributed by atoms with van der Waals surface area (Å²) >= 11 is 1.24. The minimum absolute atomic E-state index is 0.0260. The fraction of sp³-hybridized carbons (Fsp3) is 0.396. The maximum Gasteiger partial charge on any atom is 0.336 e. The third-order valence-electron chi connectivity index (χ3n) is 12.1. The summed E-state index contributed by atoms with van der Waals surface area (Å²) in [5, 5.41) is 24.0. The standard InChI is InChI=1S/C18H17FN4O2S.2C15H18N2O3/c1-4-5-22-13-7-12(11(19)6-14(13)25-9-16(22)24)20-17-23-10-18(2,3)8-15(23)21-26-17;1-8(2)15(4)14(20)16-12(17-15)11-7-9(3)5-6-10(11)13(18)19;1-8(2)15(4)14(20)16-12(17-15)10-6-5-9(3)7-11(10)13(18)19/h1,6-7H,5,8-10H2,2-3H3;2*5-8H,1-4H3,(H,18,19)(H,16,17,20). The van der Waals surface area contributed by atoms with Crippen molar-refractivity contribution in [1.29, 1.82) is 0 Å². The molecule has 2 unspecified atom stereocenters. The third kappa shape index (κ3) is 9.66. The average Bonchev–Trinajstić information content (AvgIpc) is 3.96. The number of carboxylic acids is 2. The van der Waals surface area contributed by atoms with Gasteiger partial charge in [-0.25, -0.2) is 19.0 Å². The summed E-state index contributed by atoms with van der Waals surface area (Å²) in [5.41, 5.74) is 1.93. The Labute approximate surface area is 385 Å². The molecular weight excluding hydrogens is 868 g/mol. The highest BCUT2D eigenvalue weighted by atomic mass is 32.1. The fourth-order valence-corrected chi connectivity index (χ4v) is 8.21. The highest BCUT2D eigenvalue weighted by molar-refractivity contribution is 7.02. The Kier molecular flexibility index (Phi) is 13.6. The molecule has 4 aliphatic rings. The zero-order valence-corrected chi connectivity index (χ0v) is 39.3. The number of terminal acetylenes is 1. The number of anilines is 1. The lowest BCUT2D eigenvalue weighted by molar-refractivity contribution is -0.125. The van der Waals surface area contributed by atoms with E-state index in [-0.39, 0.29) is 64.9 Å². The molecule has 0 aliphatic carbocycles. The van der Waals surface area contributed by atoms with E-state index in [0.29, 0.717) is 39.0 Å². The number of aryl methyl sites for hydroxylation is 2. The number of hydrogen-bond acceptors (Lipinski definition) is 11. The molecule has 2 atom stereocenters. The Morgan fingerprint density at radius 2 is 1.45 bits per heavy atom. The van der Waals surface area contributed by atoms with Crippen molar-refractivity contribution >= 4 is 64.2 Å². The second kappa shape index (κ2) is 18.5.